The molecule has 0 amide bonds. The quantitative estimate of drug-likeness (QED) is 0.776. The SMILES string of the molecule is NC(Cc1ccc(Br)s1)c1cccc2cccnc12. The van der Waals surface area contributed by atoms with Gasteiger partial charge in [0.2, 0.25) is 0 Å². The highest BCUT2D eigenvalue weighted by atomic mass is 79.9. The van der Waals surface area contributed by atoms with E-state index in [1.807, 2.05) is 18.3 Å². The minimum Gasteiger partial charge on any atom is -0.324 e. The number of nitrogens with zero attached hydrogens (tertiary/aromatic N) is 1. The first-order valence-electron chi connectivity index (χ1n) is 6.07. The topological polar surface area (TPSA) is 38.9 Å². The monoisotopic (exact) mass is 332 g/mol. The van der Waals surface area contributed by atoms with E-state index in [-0.39, 0.29) is 6.04 Å². The number of halogens is 1. The first kappa shape index (κ1) is 12.8. The van der Waals surface area contributed by atoms with Crippen LogP contribution in [0.1, 0.15) is 16.5 Å². The van der Waals surface area contributed by atoms with Crippen LogP contribution in [-0.2, 0) is 6.42 Å². The van der Waals surface area contributed by atoms with Crippen molar-refractivity contribution in [3.05, 3.63) is 62.9 Å². The summed E-state index contributed by atoms with van der Waals surface area (Å²) in [7, 11) is 0. The molecule has 2 aromatic heterocycles. The van der Waals surface area contributed by atoms with Gasteiger partial charge < -0.3 is 5.73 Å². The van der Waals surface area contributed by atoms with Gasteiger partial charge in [0.15, 0.2) is 0 Å². The molecule has 1 aromatic carbocycles. The zero-order chi connectivity index (χ0) is 13.2. The number of fused-ring (bicyclic) bond motifs is 1. The van der Waals surface area contributed by atoms with Gasteiger partial charge >= 0.3 is 0 Å². The maximum absolute atomic E-state index is 6.35. The normalized spacial score (nSPS) is 12.7. The number of para-hydroxylation sites is 1. The Balaban J connectivity index is 1.95. The summed E-state index contributed by atoms with van der Waals surface area (Å²) >= 11 is 5.22. The van der Waals surface area contributed by atoms with Gasteiger partial charge in [0.1, 0.15) is 0 Å². The highest BCUT2D eigenvalue weighted by Crippen LogP contribution is 2.28. The van der Waals surface area contributed by atoms with E-state index < -0.39 is 0 Å². The van der Waals surface area contributed by atoms with Crippen molar-refractivity contribution in [2.24, 2.45) is 5.73 Å². The van der Waals surface area contributed by atoms with Gasteiger partial charge in [-0.1, -0.05) is 24.3 Å². The molecule has 2 nitrogen and oxygen atoms in total. The molecule has 0 aliphatic heterocycles. The van der Waals surface area contributed by atoms with Crippen molar-refractivity contribution in [2.45, 2.75) is 12.5 Å². The van der Waals surface area contributed by atoms with E-state index in [2.05, 4.69) is 51.2 Å². The number of benzene rings is 1. The van der Waals surface area contributed by atoms with Crippen LogP contribution in [0.2, 0.25) is 0 Å². The van der Waals surface area contributed by atoms with E-state index >= 15 is 0 Å². The zero-order valence-corrected chi connectivity index (χ0v) is 12.6. The number of hydrogen-bond acceptors (Lipinski definition) is 3. The Labute approximate surface area is 124 Å². The van der Waals surface area contributed by atoms with Gasteiger partial charge in [-0.2, -0.15) is 0 Å². The maximum Gasteiger partial charge on any atom is 0.0749 e. The largest absolute Gasteiger partial charge is 0.324 e. The van der Waals surface area contributed by atoms with Gasteiger partial charge in [-0.05, 0) is 39.7 Å². The molecule has 1 atom stereocenters. The molecule has 0 radical (unpaired) electrons. The smallest absolute Gasteiger partial charge is 0.0749 e. The number of rotatable bonds is 3. The third kappa shape index (κ3) is 2.71. The maximum atomic E-state index is 6.35. The number of thiophene rings is 1. The summed E-state index contributed by atoms with van der Waals surface area (Å²) in [6, 6.07) is 14.4. The fraction of sp³-hybridized carbons (Fsp3) is 0.133. The van der Waals surface area contributed by atoms with Crippen molar-refractivity contribution in [3.8, 4) is 0 Å². The van der Waals surface area contributed by atoms with Crippen LogP contribution >= 0.6 is 27.3 Å². The van der Waals surface area contributed by atoms with Gasteiger partial charge in [0, 0.05) is 28.9 Å². The van der Waals surface area contributed by atoms with E-state index in [9.17, 15) is 0 Å². The minimum absolute atomic E-state index is 0.0239. The van der Waals surface area contributed by atoms with Crippen molar-refractivity contribution >= 4 is 38.2 Å². The van der Waals surface area contributed by atoms with Crippen LogP contribution in [0.5, 0.6) is 0 Å². The lowest BCUT2D eigenvalue weighted by molar-refractivity contribution is 0.735. The third-order valence-corrected chi connectivity index (χ3v) is 4.76. The molecular weight excluding hydrogens is 320 g/mol. The molecule has 0 saturated heterocycles. The summed E-state index contributed by atoms with van der Waals surface area (Å²) in [5.41, 5.74) is 8.47. The molecule has 19 heavy (non-hydrogen) atoms. The Hall–Kier alpha value is -1.23. The van der Waals surface area contributed by atoms with Crippen LogP contribution in [0.3, 0.4) is 0 Å². The molecule has 2 heterocycles. The Morgan fingerprint density at radius 2 is 2.00 bits per heavy atom. The van der Waals surface area contributed by atoms with Crippen molar-refractivity contribution in [3.63, 3.8) is 0 Å². The summed E-state index contributed by atoms with van der Waals surface area (Å²) < 4.78 is 1.14. The van der Waals surface area contributed by atoms with E-state index in [4.69, 9.17) is 5.73 Å². The number of pyridine rings is 1. The standard InChI is InChI=1S/C15H13BrN2S/c16-14-7-6-11(19-14)9-13(17)12-5-1-3-10-4-2-8-18-15(10)12/h1-8,13H,9,17H2. The summed E-state index contributed by atoms with van der Waals surface area (Å²) in [5.74, 6) is 0. The highest BCUT2D eigenvalue weighted by molar-refractivity contribution is 9.11. The minimum atomic E-state index is -0.0239. The molecule has 0 spiro atoms. The molecule has 3 aromatic rings. The molecule has 2 N–H and O–H groups in total. The van der Waals surface area contributed by atoms with Crippen molar-refractivity contribution < 1.29 is 0 Å². The average Bonchev–Trinajstić information content (AvgIpc) is 2.83. The second-order valence-corrected chi connectivity index (χ2v) is 6.99. The van der Waals surface area contributed by atoms with Gasteiger partial charge in [-0.25, -0.2) is 0 Å². The van der Waals surface area contributed by atoms with E-state index in [0.717, 1.165) is 26.7 Å². The van der Waals surface area contributed by atoms with Crippen LogP contribution in [0.15, 0.2) is 52.4 Å². The molecule has 0 bridgehead atoms. The Morgan fingerprint density at radius 1 is 1.16 bits per heavy atom. The summed E-state index contributed by atoms with van der Waals surface area (Å²) in [5, 5.41) is 1.14. The van der Waals surface area contributed by atoms with Crippen LogP contribution in [0, 0.1) is 0 Å². The van der Waals surface area contributed by atoms with Crippen molar-refractivity contribution in [1.29, 1.82) is 0 Å². The molecular formula is C15H13BrN2S. The molecule has 0 aliphatic carbocycles. The molecule has 0 saturated carbocycles. The number of aromatic nitrogens is 1. The van der Waals surface area contributed by atoms with Crippen LogP contribution < -0.4 is 5.73 Å². The fourth-order valence-corrected chi connectivity index (χ4v) is 3.76. The predicted molar refractivity (Wildman–Crippen MR) is 84.4 cm³/mol. The lowest BCUT2D eigenvalue weighted by Gasteiger charge is -2.13. The van der Waals surface area contributed by atoms with E-state index in [1.165, 1.54) is 4.88 Å². The Bertz CT molecular complexity index is 703. The summed E-state index contributed by atoms with van der Waals surface area (Å²) in [6.07, 6.45) is 2.66. The summed E-state index contributed by atoms with van der Waals surface area (Å²) in [6.45, 7) is 0. The van der Waals surface area contributed by atoms with Gasteiger partial charge in [-0.3, -0.25) is 4.98 Å². The van der Waals surface area contributed by atoms with Crippen LogP contribution in [-0.4, -0.2) is 4.98 Å². The number of hydrogen-bond donors (Lipinski definition) is 1. The Morgan fingerprint density at radius 3 is 2.79 bits per heavy atom. The average molecular weight is 333 g/mol. The van der Waals surface area contributed by atoms with Crippen molar-refractivity contribution in [2.75, 3.05) is 0 Å². The first-order chi connectivity index (χ1) is 9.24. The summed E-state index contributed by atoms with van der Waals surface area (Å²) in [4.78, 5) is 5.75. The van der Waals surface area contributed by atoms with E-state index in [1.54, 1.807) is 11.3 Å². The van der Waals surface area contributed by atoms with Crippen LogP contribution in [0.4, 0.5) is 0 Å². The molecule has 3 rings (SSSR count). The van der Waals surface area contributed by atoms with Crippen LogP contribution in [0.25, 0.3) is 10.9 Å². The van der Waals surface area contributed by atoms with Gasteiger partial charge in [0.25, 0.3) is 0 Å². The molecule has 0 aliphatic rings. The molecule has 4 heteroatoms. The second kappa shape index (κ2) is 5.41. The number of nitrogens with two attached hydrogens (primary N) is 1. The zero-order valence-electron chi connectivity index (χ0n) is 10.2. The van der Waals surface area contributed by atoms with E-state index in [0.29, 0.717) is 0 Å². The van der Waals surface area contributed by atoms with Gasteiger partial charge in [-0.15, -0.1) is 11.3 Å². The Kier molecular flexibility index (Phi) is 3.64. The third-order valence-electron chi connectivity index (χ3n) is 3.11. The lowest BCUT2D eigenvalue weighted by Crippen LogP contribution is -2.13. The first-order valence-corrected chi connectivity index (χ1v) is 7.68. The second-order valence-electron chi connectivity index (χ2n) is 4.44. The predicted octanol–water partition coefficient (Wildman–Crippen LogP) is 4.30. The van der Waals surface area contributed by atoms with Gasteiger partial charge in [0.05, 0.1) is 9.30 Å². The molecule has 96 valence electrons. The molecule has 0 fully saturated rings. The molecule has 1 unspecified atom stereocenters. The lowest BCUT2D eigenvalue weighted by atomic mass is 10.0. The van der Waals surface area contributed by atoms with Crippen molar-refractivity contribution in [1.82, 2.24) is 4.98 Å². The highest BCUT2D eigenvalue weighted by Gasteiger charge is 2.12. The fourth-order valence-electron chi connectivity index (χ4n) is 2.22.